The molecule has 0 saturated carbocycles. The van der Waals surface area contributed by atoms with Crippen LogP contribution in [0.25, 0.3) is 11.1 Å². The molecule has 0 unspecified atom stereocenters. The Morgan fingerprint density at radius 3 is 1.41 bits per heavy atom. The van der Waals surface area contributed by atoms with Gasteiger partial charge in [-0.2, -0.15) is 0 Å². The molecule has 2 aromatic carbocycles. The molecule has 4 rings (SSSR count). The number of thiophene rings is 2. The molecular formula is C22H14N4O4S2. The topological polar surface area (TPSA) is 111 Å². The second-order valence-electron chi connectivity index (χ2n) is 6.42. The molecule has 32 heavy (non-hydrogen) atoms. The minimum Gasteiger partial charge on any atom is -0.258 e. The Morgan fingerprint density at radius 1 is 0.625 bits per heavy atom. The fraction of sp³-hybridized carbons (Fsp3) is 0. The highest BCUT2D eigenvalue weighted by Crippen LogP contribution is 2.37. The van der Waals surface area contributed by atoms with Crippen molar-refractivity contribution in [3.8, 4) is 11.1 Å². The Hall–Kier alpha value is -4.02. The number of aliphatic imine (C=N–C) groups is 2. The van der Waals surface area contributed by atoms with E-state index in [0.717, 1.165) is 33.8 Å². The lowest BCUT2D eigenvalue weighted by molar-refractivity contribution is -0.380. The average molecular weight is 463 g/mol. The zero-order valence-electron chi connectivity index (χ0n) is 16.3. The van der Waals surface area contributed by atoms with Crippen molar-refractivity contribution in [3.63, 3.8) is 0 Å². The van der Waals surface area contributed by atoms with Crippen LogP contribution in [-0.2, 0) is 0 Å². The molecule has 0 N–H and O–H groups in total. The number of rotatable bonds is 7. The predicted molar refractivity (Wildman–Crippen MR) is 128 cm³/mol. The van der Waals surface area contributed by atoms with Crippen LogP contribution in [0.4, 0.5) is 21.4 Å². The van der Waals surface area contributed by atoms with Gasteiger partial charge in [0.15, 0.2) is 0 Å². The van der Waals surface area contributed by atoms with E-state index >= 15 is 0 Å². The summed E-state index contributed by atoms with van der Waals surface area (Å²) in [6.45, 7) is 0. The molecule has 0 saturated heterocycles. The van der Waals surface area contributed by atoms with Crippen LogP contribution in [0.5, 0.6) is 0 Å². The molecule has 0 aliphatic heterocycles. The number of nitro groups is 2. The molecule has 10 heteroatoms. The summed E-state index contributed by atoms with van der Waals surface area (Å²) in [7, 11) is 0. The van der Waals surface area contributed by atoms with Gasteiger partial charge in [0, 0.05) is 35.7 Å². The van der Waals surface area contributed by atoms with Crippen LogP contribution in [0.15, 0.2) is 82.8 Å². The Morgan fingerprint density at radius 2 is 1.03 bits per heavy atom. The van der Waals surface area contributed by atoms with E-state index in [1.807, 2.05) is 48.5 Å². The van der Waals surface area contributed by atoms with Gasteiger partial charge in [-0.05, 0) is 24.3 Å². The van der Waals surface area contributed by atoms with Gasteiger partial charge in [-0.3, -0.25) is 30.2 Å². The fourth-order valence-corrected chi connectivity index (χ4v) is 4.30. The third kappa shape index (κ3) is 4.82. The van der Waals surface area contributed by atoms with Gasteiger partial charge < -0.3 is 0 Å². The van der Waals surface area contributed by atoms with E-state index in [4.69, 9.17) is 0 Å². The van der Waals surface area contributed by atoms with Gasteiger partial charge in [-0.15, -0.1) is 0 Å². The Kier molecular flexibility index (Phi) is 6.24. The number of hydrogen-bond donors (Lipinski definition) is 0. The highest BCUT2D eigenvalue weighted by atomic mass is 32.1. The van der Waals surface area contributed by atoms with Crippen molar-refractivity contribution in [1.29, 1.82) is 0 Å². The van der Waals surface area contributed by atoms with Gasteiger partial charge in [-0.1, -0.05) is 59.1 Å². The molecule has 8 nitrogen and oxygen atoms in total. The summed E-state index contributed by atoms with van der Waals surface area (Å²) in [4.78, 5) is 31.4. The lowest BCUT2D eigenvalue weighted by Gasteiger charge is -2.08. The van der Waals surface area contributed by atoms with E-state index in [1.165, 1.54) is 12.1 Å². The zero-order chi connectivity index (χ0) is 22.5. The molecule has 0 aliphatic rings. The summed E-state index contributed by atoms with van der Waals surface area (Å²) in [6.07, 6.45) is 3.21. The van der Waals surface area contributed by atoms with Crippen molar-refractivity contribution in [2.75, 3.05) is 0 Å². The van der Waals surface area contributed by atoms with Gasteiger partial charge in [0.1, 0.15) is 0 Å². The Bertz CT molecular complexity index is 1250. The Balaban J connectivity index is 1.66. The molecule has 0 atom stereocenters. The summed E-state index contributed by atoms with van der Waals surface area (Å²) >= 11 is 2.11. The first-order valence-corrected chi connectivity index (χ1v) is 10.9. The summed E-state index contributed by atoms with van der Waals surface area (Å²) in [6, 6.07) is 21.3. The SMILES string of the molecule is O=[N+]([O-])c1ccc(C=Nc2ccccc2-c2ccccc2N=Cc2ccc([N+](=O)[O-])s2)s1. The van der Waals surface area contributed by atoms with Crippen molar-refractivity contribution < 1.29 is 9.85 Å². The number of benzene rings is 2. The van der Waals surface area contributed by atoms with Gasteiger partial charge in [0.25, 0.3) is 0 Å². The van der Waals surface area contributed by atoms with Crippen LogP contribution in [0.2, 0.25) is 0 Å². The highest BCUT2D eigenvalue weighted by molar-refractivity contribution is 7.17. The summed E-state index contributed by atoms with van der Waals surface area (Å²) in [5.74, 6) is 0. The van der Waals surface area contributed by atoms with Crippen molar-refractivity contribution in [2.24, 2.45) is 9.98 Å². The summed E-state index contributed by atoms with van der Waals surface area (Å²) in [5, 5.41) is 21.9. The quantitative estimate of drug-likeness (QED) is 0.171. The van der Waals surface area contributed by atoms with Crippen molar-refractivity contribution in [2.45, 2.75) is 0 Å². The lowest BCUT2D eigenvalue weighted by Crippen LogP contribution is -1.83. The largest absolute Gasteiger partial charge is 0.324 e. The standard InChI is InChI=1S/C22H14N4O4S2/c27-25(28)21-11-9-15(31-21)13-23-19-7-3-1-5-17(19)18-6-2-4-8-20(18)24-14-16-10-12-22(32-16)26(29)30/h1-14H. The first kappa shape index (κ1) is 21.2. The molecule has 2 heterocycles. The maximum Gasteiger partial charge on any atom is 0.324 e. The molecule has 0 fully saturated rings. The van der Waals surface area contributed by atoms with Crippen LogP contribution in [0.1, 0.15) is 9.75 Å². The highest BCUT2D eigenvalue weighted by Gasteiger charge is 2.11. The molecule has 158 valence electrons. The third-order valence-corrected chi connectivity index (χ3v) is 6.29. The van der Waals surface area contributed by atoms with Crippen molar-refractivity contribution in [1.82, 2.24) is 0 Å². The summed E-state index contributed by atoms with van der Waals surface area (Å²) < 4.78 is 0. The first-order valence-electron chi connectivity index (χ1n) is 9.26. The molecule has 0 amide bonds. The normalized spacial score (nSPS) is 11.4. The third-order valence-electron chi connectivity index (χ3n) is 4.35. The minimum atomic E-state index is -0.424. The van der Waals surface area contributed by atoms with E-state index in [1.54, 1.807) is 24.6 Å². The molecule has 0 spiro atoms. The van der Waals surface area contributed by atoms with Crippen molar-refractivity contribution in [3.05, 3.63) is 103 Å². The monoisotopic (exact) mass is 462 g/mol. The second kappa shape index (κ2) is 9.41. The van der Waals surface area contributed by atoms with Crippen LogP contribution in [0, 0.1) is 20.2 Å². The molecule has 0 bridgehead atoms. The lowest BCUT2D eigenvalue weighted by atomic mass is 10.0. The molecular weight excluding hydrogens is 448 g/mol. The first-order chi connectivity index (χ1) is 15.5. The van der Waals surface area contributed by atoms with Gasteiger partial charge in [0.05, 0.1) is 31.0 Å². The van der Waals surface area contributed by atoms with Crippen LogP contribution in [-0.4, -0.2) is 22.3 Å². The number of hydrogen-bond acceptors (Lipinski definition) is 8. The summed E-state index contributed by atoms with van der Waals surface area (Å²) in [5.41, 5.74) is 3.08. The predicted octanol–water partition coefficient (Wildman–Crippen LogP) is 6.79. The van der Waals surface area contributed by atoms with Gasteiger partial charge >= 0.3 is 10.0 Å². The van der Waals surface area contributed by atoms with E-state index in [-0.39, 0.29) is 10.0 Å². The van der Waals surface area contributed by atoms with Gasteiger partial charge in [0.2, 0.25) is 0 Å². The van der Waals surface area contributed by atoms with E-state index in [9.17, 15) is 20.2 Å². The van der Waals surface area contributed by atoms with Gasteiger partial charge in [-0.25, -0.2) is 0 Å². The van der Waals surface area contributed by atoms with E-state index < -0.39 is 9.85 Å². The fourth-order valence-electron chi connectivity index (χ4n) is 2.91. The van der Waals surface area contributed by atoms with E-state index in [2.05, 4.69) is 9.98 Å². The second-order valence-corrected chi connectivity index (χ2v) is 8.60. The molecule has 0 aliphatic carbocycles. The van der Waals surface area contributed by atoms with E-state index in [0.29, 0.717) is 21.1 Å². The maximum absolute atomic E-state index is 10.9. The Labute approximate surface area is 190 Å². The van der Waals surface area contributed by atoms with Crippen LogP contribution in [0.3, 0.4) is 0 Å². The van der Waals surface area contributed by atoms with Crippen molar-refractivity contribution >= 4 is 56.5 Å². The zero-order valence-corrected chi connectivity index (χ0v) is 18.0. The number of nitrogens with zero attached hydrogens (tertiary/aromatic N) is 4. The average Bonchev–Trinajstić information content (AvgIpc) is 3.47. The van der Waals surface area contributed by atoms with Crippen LogP contribution < -0.4 is 0 Å². The minimum absolute atomic E-state index is 0.0632. The molecule has 2 aromatic heterocycles. The maximum atomic E-state index is 10.9. The smallest absolute Gasteiger partial charge is 0.258 e. The number of para-hydroxylation sites is 2. The molecule has 4 aromatic rings. The molecule has 0 radical (unpaired) electrons. The van der Waals surface area contributed by atoms with Crippen LogP contribution >= 0.6 is 22.7 Å².